The van der Waals surface area contributed by atoms with E-state index in [1.54, 1.807) is 7.11 Å². The van der Waals surface area contributed by atoms with Gasteiger partial charge in [-0.25, -0.2) is 0 Å². The van der Waals surface area contributed by atoms with Gasteiger partial charge in [-0.05, 0) is 23.3 Å². The van der Waals surface area contributed by atoms with E-state index in [2.05, 4.69) is 13.8 Å². The first-order valence-corrected chi connectivity index (χ1v) is 6.45. The van der Waals surface area contributed by atoms with Crippen molar-refractivity contribution in [2.75, 3.05) is 7.11 Å². The highest BCUT2D eigenvalue weighted by molar-refractivity contribution is 5.87. The second-order valence-corrected chi connectivity index (χ2v) is 4.14. The molecule has 0 radical (unpaired) electrons. The molecule has 2 aromatic carbocycles. The van der Waals surface area contributed by atoms with Gasteiger partial charge in [-0.15, -0.1) is 0 Å². The third-order valence-corrected chi connectivity index (χ3v) is 2.49. The van der Waals surface area contributed by atoms with E-state index in [9.17, 15) is 4.79 Å². The summed E-state index contributed by atoms with van der Waals surface area (Å²) in [5.74, 6) is 0.812. The van der Waals surface area contributed by atoms with Gasteiger partial charge in [0, 0.05) is 5.56 Å². The smallest absolute Gasteiger partial charge is 0.150 e. The van der Waals surface area contributed by atoms with Crippen molar-refractivity contribution in [3.63, 3.8) is 0 Å². The molecule has 0 spiro atoms. The van der Waals surface area contributed by atoms with E-state index in [0.29, 0.717) is 5.56 Å². The minimum Gasteiger partial charge on any atom is -0.497 e. The summed E-state index contributed by atoms with van der Waals surface area (Å²) in [5, 5.41) is 0. The van der Waals surface area contributed by atoms with Gasteiger partial charge in [-0.1, -0.05) is 56.7 Å². The highest BCUT2D eigenvalue weighted by atomic mass is 16.5. The van der Waals surface area contributed by atoms with Crippen molar-refractivity contribution in [2.24, 2.45) is 0 Å². The number of ether oxygens (including phenoxy) is 1. The number of aldehydes is 1. The van der Waals surface area contributed by atoms with E-state index in [0.717, 1.165) is 23.2 Å². The molecule has 0 fully saturated rings. The second kappa shape index (κ2) is 8.09. The van der Waals surface area contributed by atoms with Crippen molar-refractivity contribution in [3.05, 3.63) is 54.1 Å². The molecule has 2 aromatic rings. The standard InChI is InChI=1S/C14H12O2.C3H8/c1-16-13-8-6-11(7-9-13)14-5-3-2-4-12(14)10-15;1-3-2/h2-10H,1H3;3H2,1-2H3. The Kier molecular flexibility index (Phi) is 6.37. The van der Waals surface area contributed by atoms with Gasteiger partial charge in [-0.3, -0.25) is 4.79 Å². The molecule has 0 atom stereocenters. The van der Waals surface area contributed by atoms with E-state index in [-0.39, 0.29) is 0 Å². The summed E-state index contributed by atoms with van der Waals surface area (Å²) in [6, 6.07) is 15.2. The molecule has 0 bridgehead atoms. The zero-order chi connectivity index (χ0) is 14.1. The number of benzene rings is 2. The molecule has 0 heterocycles. The van der Waals surface area contributed by atoms with Crippen LogP contribution in [0.4, 0.5) is 0 Å². The van der Waals surface area contributed by atoms with Crippen LogP contribution < -0.4 is 4.74 Å². The fourth-order valence-corrected chi connectivity index (χ4v) is 1.63. The van der Waals surface area contributed by atoms with Crippen LogP contribution in [0.1, 0.15) is 30.6 Å². The molecule has 0 aliphatic carbocycles. The van der Waals surface area contributed by atoms with Crippen molar-refractivity contribution < 1.29 is 9.53 Å². The number of hydrogen-bond donors (Lipinski definition) is 0. The van der Waals surface area contributed by atoms with Gasteiger partial charge in [0.15, 0.2) is 6.29 Å². The highest BCUT2D eigenvalue weighted by Gasteiger charge is 2.03. The molecule has 0 aliphatic rings. The molecule has 0 unspecified atom stereocenters. The van der Waals surface area contributed by atoms with Crippen LogP contribution in [0, 0.1) is 0 Å². The Bertz CT molecular complexity index is 501. The monoisotopic (exact) mass is 256 g/mol. The fourth-order valence-electron chi connectivity index (χ4n) is 1.63. The van der Waals surface area contributed by atoms with Crippen molar-refractivity contribution >= 4 is 6.29 Å². The molecule has 19 heavy (non-hydrogen) atoms. The molecule has 0 N–H and O–H groups in total. The minimum absolute atomic E-state index is 0.702. The Morgan fingerprint density at radius 2 is 1.58 bits per heavy atom. The maximum Gasteiger partial charge on any atom is 0.150 e. The van der Waals surface area contributed by atoms with Gasteiger partial charge in [-0.2, -0.15) is 0 Å². The van der Waals surface area contributed by atoms with Gasteiger partial charge in [0.05, 0.1) is 7.11 Å². The third-order valence-electron chi connectivity index (χ3n) is 2.49. The Hall–Kier alpha value is -2.09. The molecule has 0 amide bonds. The maximum absolute atomic E-state index is 10.9. The lowest BCUT2D eigenvalue weighted by Crippen LogP contribution is -1.87. The van der Waals surface area contributed by atoms with Crippen molar-refractivity contribution in [1.29, 1.82) is 0 Å². The number of rotatable bonds is 3. The Labute approximate surface area is 115 Å². The second-order valence-electron chi connectivity index (χ2n) is 4.14. The summed E-state index contributed by atoms with van der Waals surface area (Å²) < 4.78 is 5.09. The molecule has 2 rings (SSSR count). The number of carbonyl (C=O) groups excluding carboxylic acids is 1. The van der Waals surface area contributed by atoms with Gasteiger partial charge < -0.3 is 4.74 Å². The quantitative estimate of drug-likeness (QED) is 0.751. The summed E-state index contributed by atoms with van der Waals surface area (Å²) in [6.07, 6.45) is 2.12. The molecular formula is C17H20O2. The van der Waals surface area contributed by atoms with E-state index in [1.165, 1.54) is 6.42 Å². The van der Waals surface area contributed by atoms with Crippen molar-refractivity contribution in [2.45, 2.75) is 20.3 Å². The van der Waals surface area contributed by atoms with Crippen LogP contribution in [0.25, 0.3) is 11.1 Å². The molecule has 2 heteroatoms. The molecule has 0 aliphatic heterocycles. The number of methoxy groups -OCH3 is 1. The van der Waals surface area contributed by atoms with E-state index >= 15 is 0 Å². The lowest BCUT2D eigenvalue weighted by Gasteiger charge is -2.05. The molecular weight excluding hydrogens is 236 g/mol. The molecule has 0 saturated heterocycles. The van der Waals surface area contributed by atoms with Gasteiger partial charge >= 0.3 is 0 Å². The third kappa shape index (κ3) is 4.25. The predicted molar refractivity (Wildman–Crippen MR) is 79.8 cm³/mol. The molecule has 0 aromatic heterocycles. The summed E-state index contributed by atoms with van der Waals surface area (Å²) in [7, 11) is 1.63. The summed E-state index contributed by atoms with van der Waals surface area (Å²) in [5.41, 5.74) is 2.66. The SMILES string of the molecule is CCC.COc1ccc(-c2ccccc2C=O)cc1. The van der Waals surface area contributed by atoms with Crippen LogP contribution in [0.5, 0.6) is 5.75 Å². The average molecular weight is 256 g/mol. The maximum atomic E-state index is 10.9. The lowest BCUT2D eigenvalue weighted by molar-refractivity contribution is 0.112. The molecule has 0 saturated carbocycles. The van der Waals surface area contributed by atoms with Crippen LogP contribution in [0.2, 0.25) is 0 Å². The zero-order valence-corrected chi connectivity index (χ0v) is 11.7. The normalized spacial score (nSPS) is 9.21. The van der Waals surface area contributed by atoms with E-state index < -0.39 is 0 Å². The van der Waals surface area contributed by atoms with Crippen molar-refractivity contribution in [1.82, 2.24) is 0 Å². The van der Waals surface area contributed by atoms with Crippen LogP contribution in [0.3, 0.4) is 0 Å². The summed E-state index contributed by atoms with van der Waals surface area (Å²) in [6.45, 7) is 4.25. The molecule has 100 valence electrons. The topological polar surface area (TPSA) is 26.3 Å². The predicted octanol–water partition coefficient (Wildman–Crippen LogP) is 4.59. The minimum atomic E-state index is 0.702. The number of carbonyl (C=O) groups is 1. The van der Waals surface area contributed by atoms with Gasteiger partial charge in [0.25, 0.3) is 0 Å². The zero-order valence-electron chi connectivity index (χ0n) is 11.7. The fraction of sp³-hybridized carbons (Fsp3) is 0.235. The van der Waals surface area contributed by atoms with Crippen LogP contribution >= 0.6 is 0 Å². The first kappa shape index (κ1) is 15.0. The van der Waals surface area contributed by atoms with E-state index in [4.69, 9.17) is 4.74 Å². The van der Waals surface area contributed by atoms with Gasteiger partial charge in [0.2, 0.25) is 0 Å². The van der Waals surface area contributed by atoms with Gasteiger partial charge in [0.1, 0.15) is 5.75 Å². The summed E-state index contributed by atoms with van der Waals surface area (Å²) in [4.78, 5) is 10.9. The first-order chi connectivity index (χ1) is 9.26. The largest absolute Gasteiger partial charge is 0.497 e. The Balaban J connectivity index is 0.000000550. The first-order valence-electron chi connectivity index (χ1n) is 6.45. The average Bonchev–Trinajstić information content (AvgIpc) is 2.48. The van der Waals surface area contributed by atoms with Crippen LogP contribution in [-0.4, -0.2) is 13.4 Å². The Morgan fingerprint density at radius 3 is 2.11 bits per heavy atom. The van der Waals surface area contributed by atoms with E-state index in [1.807, 2.05) is 48.5 Å². The highest BCUT2D eigenvalue weighted by Crippen LogP contribution is 2.24. The van der Waals surface area contributed by atoms with Crippen LogP contribution in [-0.2, 0) is 0 Å². The summed E-state index contributed by atoms with van der Waals surface area (Å²) >= 11 is 0. The Morgan fingerprint density at radius 1 is 1.00 bits per heavy atom. The lowest BCUT2D eigenvalue weighted by atomic mass is 10.0. The van der Waals surface area contributed by atoms with Crippen LogP contribution in [0.15, 0.2) is 48.5 Å². The molecule has 2 nitrogen and oxygen atoms in total. The van der Waals surface area contributed by atoms with Crippen molar-refractivity contribution in [3.8, 4) is 16.9 Å². The number of hydrogen-bond acceptors (Lipinski definition) is 2.